The normalized spacial score (nSPS) is 13.5. The van der Waals surface area contributed by atoms with Crippen LogP contribution in [0, 0.1) is 0 Å². The third-order valence-corrected chi connectivity index (χ3v) is 8.77. The Morgan fingerprint density at radius 3 is 2.03 bits per heavy atom. The van der Waals surface area contributed by atoms with E-state index in [1.165, 1.54) is 36.9 Å². The van der Waals surface area contributed by atoms with Gasteiger partial charge in [-0.1, -0.05) is 72.8 Å². The van der Waals surface area contributed by atoms with Crippen molar-refractivity contribution in [1.29, 1.82) is 0 Å². The number of aliphatic imine (C=N–C) groups is 1. The fourth-order valence-corrected chi connectivity index (χ4v) is 6.63. The zero-order valence-electron chi connectivity index (χ0n) is 21.1. The van der Waals surface area contributed by atoms with E-state index in [1.54, 1.807) is 0 Å². The van der Waals surface area contributed by atoms with Gasteiger partial charge in [0.1, 0.15) is 0 Å². The SMILES string of the molecule is C1=NC=C(c2ccc3ccc4ccc(-c5ccc(-c6ccc7sc8ccccc8c7c6)cc5)nc4c3n2)CC1. The number of nitrogens with zero attached hydrogens (tertiary/aromatic N) is 3. The number of allylic oxidation sites excluding steroid dienone is 1. The Morgan fingerprint density at radius 2 is 1.23 bits per heavy atom. The lowest BCUT2D eigenvalue weighted by Gasteiger charge is -2.11. The Balaban J connectivity index is 1.19. The van der Waals surface area contributed by atoms with Gasteiger partial charge in [-0.25, -0.2) is 9.97 Å². The molecular formula is C35H23N3S. The van der Waals surface area contributed by atoms with Gasteiger partial charge in [-0.3, -0.25) is 4.99 Å². The number of fused-ring (bicyclic) bond motifs is 6. The molecule has 39 heavy (non-hydrogen) atoms. The molecule has 4 heterocycles. The molecule has 0 saturated carbocycles. The van der Waals surface area contributed by atoms with Gasteiger partial charge in [0.2, 0.25) is 0 Å². The smallest absolute Gasteiger partial charge is 0.0972 e. The average molecular weight is 518 g/mol. The van der Waals surface area contributed by atoms with Crippen LogP contribution in [0.25, 0.3) is 69.9 Å². The van der Waals surface area contributed by atoms with Crippen LogP contribution in [0.1, 0.15) is 18.5 Å². The molecule has 3 nitrogen and oxygen atoms in total. The van der Waals surface area contributed by atoms with Gasteiger partial charge in [0.25, 0.3) is 0 Å². The fraction of sp³-hybridized carbons (Fsp3) is 0.0571. The summed E-state index contributed by atoms with van der Waals surface area (Å²) in [5, 5.41) is 4.85. The minimum absolute atomic E-state index is 0.936. The fourth-order valence-electron chi connectivity index (χ4n) is 5.54. The summed E-state index contributed by atoms with van der Waals surface area (Å²) in [7, 11) is 0. The number of aromatic nitrogens is 2. The van der Waals surface area contributed by atoms with E-state index < -0.39 is 0 Å². The zero-order chi connectivity index (χ0) is 25.8. The first-order chi connectivity index (χ1) is 19.3. The summed E-state index contributed by atoms with van der Waals surface area (Å²) in [4.78, 5) is 14.5. The number of pyridine rings is 2. The van der Waals surface area contributed by atoms with E-state index >= 15 is 0 Å². The van der Waals surface area contributed by atoms with Gasteiger partial charge < -0.3 is 0 Å². The molecule has 0 aliphatic carbocycles. The molecule has 0 radical (unpaired) electrons. The predicted molar refractivity (Wildman–Crippen MR) is 167 cm³/mol. The van der Waals surface area contributed by atoms with Crippen molar-refractivity contribution in [3.8, 4) is 22.4 Å². The Bertz CT molecular complexity index is 2120. The summed E-state index contributed by atoms with van der Waals surface area (Å²) in [5.41, 5.74) is 8.52. The minimum Gasteiger partial charge on any atom is -0.269 e. The standard InChI is InChI=1S/C35H23N3S/c1-2-6-32-28(5-1)29-20-26(15-18-33(29)39-32)22-7-9-23(10-8-22)30-16-13-24-11-12-25-14-17-31(27-4-3-19-36-21-27)38-35(25)34(24)37-30/h1-2,5-21H,3-4H2. The van der Waals surface area contributed by atoms with Crippen LogP contribution < -0.4 is 0 Å². The van der Waals surface area contributed by atoms with Crippen LogP contribution in [-0.4, -0.2) is 16.2 Å². The van der Waals surface area contributed by atoms with Crippen LogP contribution in [0.5, 0.6) is 0 Å². The van der Waals surface area contributed by atoms with Crippen LogP contribution in [0.15, 0.2) is 114 Å². The number of hydrogen-bond acceptors (Lipinski definition) is 4. The maximum absolute atomic E-state index is 5.12. The van der Waals surface area contributed by atoms with Crippen molar-refractivity contribution in [2.45, 2.75) is 12.8 Å². The Morgan fingerprint density at radius 1 is 0.564 bits per heavy atom. The van der Waals surface area contributed by atoms with Gasteiger partial charge in [-0.05, 0) is 59.9 Å². The molecule has 3 aromatic heterocycles. The Labute approximate surface area is 229 Å². The van der Waals surface area contributed by atoms with E-state index in [2.05, 4.69) is 108 Å². The molecule has 7 aromatic rings. The van der Waals surface area contributed by atoms with Crippen molar-refractivity contribution < 1.29 is 0 Å². The molecule has 0 N–H and O–H groups in total. The summed E-state index contributed by atoms with van der Waals surface area (Å²) in [5.74, 6) is 0. The minimum atomic E-state index is 0.936. The van der Waals surface area contributed by atoms with Crippen LogP contribution in [0.2, 0.25) is 0 Å². The second-order valence-corrected chi connectivity index (χ2v) is 11.1. The Kier molecular flexibility index (Phi) is 5.13. The van der Waals surface area contributed by atoms with Gasteiger partial charge in [0.15, 0.2) is 0 Å². The van der Waals surface area contributed by atoms with Gasteiger partial charge >= 0.3 is 0 Å². The van der Waals surface area contributed by atoms with Crippen molar-refractivity contribution in [2.24, 2.45) is 4.99 Å². The molecule has 0 fully saturated rings. The van der Waals surface area contributed by atoms with Crippen molar-refractivity contribution in [1.82, 2.24) is 9.97 Å². The molecule has 0 saturated heterocycles. The highest BCUT2D eigenvalue weighted by molar-refractivity contribution is 7.25. The molecule has 4 aromatic carbocycles. The monoisotopic (exact) mass is 517 g/mol. The van der Waals surface area contributed by atoms with Crippen molar-refractivity contribution >= 4 is 65.1 Å². The maximum Gasteiger partial charge on any atom is 0.0972 e. The van der Waals surface area contributed by atoms with Crippen LogP contribution in [0.4, 0.5) is 0 Å². The van der Waals surface area contributed by atoms with E-state index in [-0.39, 0.29) is 0 Å². The molecule has 0 bridgehead atoms. The average Bonchev–Trinajstić information content (AvgIpc) is 3.39. The van der Waals surface area contributed by atoms with Crippen LogP contribution >= 0.6 is 11.3 Å². The molecule has 1 aliphatic rings. The summed E-state index contributed by atoms with van der Waals surface area (Å²) in [6.45, 7) is 0. The van der Waals surface area contributed by atoms with Crippen molar-refractivity contribution in [3.63, 3.8) is 0 Å². The highest BCUT2D eigenvalue weighted by Crippen LogP contribution is 2.37. The molecule has 4 heteroatoms. The second-order valence-electron chi connectivity index (χ2n) is 10.0. The number of thiophene rings is 1. The van der Waals surface area contributed by atoms with E-state index in [4.69, 9.17) is 9.97 Å². The van der Waals surface area contributed by atoms with E-state index in [0.29, 0.717) is 0 Å². The molecule has 0 amide bonds. The Hall–Kier alpha value is -4.67. The van der Waals surface area contributed by atoms with Gasteiger partial charge in [-0.15, -0.1) is 11.3 Å². The lowest BCUT2D eigenvalue weighted by Crippen LogP contribution is -1.95. The highest BCUT2D eigenvalue weighted by atomic mass is 32.1. The van der Waals surface area contributed by atoms with E-state index in [1.807, 2.05) is 23.8 Å². The molecule has 1 aliphatic heterocycles. The molecule has 8 rings (SSSR count). The first-order valence-corrected chi connectivity index (χ1v) is 14.1. The summed E-state index contributed by atoms with van der Waals surface area (Å²) in [6.07, 6.45) is 5.81. The summed E-state index contributed by atoms with van der Waals surface area (Å²) in [6, 6.07) is 37.0. The third-order valence-electron chi connectivity index (χ3n) is 7.62. The number of benzene rings is 4. The summed E-state index contributed by atoms with van der Waals surface area (Å²) < 4.78 is 2.66. The van der Waals surface area contributed by atoms with Gasteiger partial charge in [0, 0.05) is 48.9 Å². The number of hydrogen-bond donors (Lipinski definition) is 0. The zero-order valence-corrected chi connectivity index (χ0v) is 22.0. The first kappa shape index (κ1) is 22.3. The second kappa shape index (κ2) is 8.97. The first-order valence-electron chi connectivity index (χ1n) is 13.2. The van der Waals surface area contributed by atoms with Crippen LogP contribution in [-0.2, 0) is 0 Å². The summed E-state index contributed by atoms with van der Waals surface area (Å²) >= 11 is 1.85. The third kappa shape index (κ3) is 3.84. The molecular weight excluding hydrogens is 494 g/mol. The molecule has 0 spiro atoms. The largest absolute Gasteiger partial charge is 0.269 e. The quantitative estimate of drug-likeness (QED) is 0.219. The van der Waals surface area contributed by atoms with E-state index in [0.717, 1.165) is 51.6 Å². The predicted octanol–water partition coefficient (Wildman–Crippen LogP) is 9.69. The van der Waals surface area contributed by atoms with Gasteiger partial charge in [0.05, 0.1) is 22.4 Å². The molecule has 0 atom stereocenters. The van der Waals surface area contributed by atoms with Gasteiger partial charge in [-0.2, -0.15) is 0 Å². The number of rotatable bonds is 3. The van der Waals surface area contributed by atoms with Crippen molar-refractivity contribution in [2.75, 3.05) is 0 Å². The molecule has 184 valence electrons. The van der Waals surface area contributed by atoms with Crippen molar-refractivity contribution in [3.05, 3.63) is 115 Å². The highest BCUT2D eigenvalue weighted by Gasteiger charge is 2.12. The van der Waals surface area contributed by atoms with E-state index in [9.17, 15) is 0 Å². The lowest BCUT2D eigenvalue weighted by molar-refractivity contribution is 1.09. The topological polar surface area (TPSA) is 38.1 Å². The lowest BCUT2D eigenvalue weighted by atomic mass is 10.00. The maximum atomic E-state index is 5.12. The molecule has 0 unspecified atom stereocenters. The van der Waals surface area contributed by atoms with Crippen LogP contribution in [0.3, 0.4) is 0 Å².